The first-order valence-electron chi connectivity index (χ1n) is 4.47. The first-order valence-corrected chi connectivity index (χ1v) is 18.0. The van der Waals surface area contributed by atoms with Crippen LogP contribution in [0.25, 0.3) is 0 Å². The molecule has 1 aliphatic carbocycles. The van der Waals surface area contributed by atoms with Crippen LogP contribution < -0.4 is 0 Å². The van der Waals surface area contributed by atoms with E-state index in [2.05, 4.69) is 41.4 Å². The van der Waals surface area contributed by atoms with Crippen molar-refractivity contribution in [2.24, 2.45) is 0 Å². The Morgan fingerprint density at radius 2 is 1.36 bits per heavy atom. The number of hydrogen-bond acceptors (Lipinski definition) is 0. The van der Waals surface area contributed by atoms with Crippen molar-refractivity contribution in [1.82, 2.24) is 0 Å². The molecule has 0 aromatic heterocycles. The average molecular weight is 474 g/mol. The number of allylic oxidation sites excluding steroid dienone is 4. The van der Waals surface area contributed by atoms with Gasteiger partial charge in [0.15, 0.2) is 0 Å². The molecule has 0 aromatic carbocycles. The molecule has 0 saturated heterocycles. The molecule has 1 rings (SSSR count). The normalized spacial score (nSPS) is 19.1. The van der Waals surface area contributed by atoms with E-state index in [1.165, 1.54) is 6.42 Å². The third-order valence-corrected chi connectivity index (χ3v) is 11.2. The van der Waals surface area contributed by atoms with E-state index >= 15 is 0 Å². The van der Waals surface area contributed by atoms with Crippen LogP contribution in [0.4, 0.5) is 0 Å². The van der Waals surface area contributed by atoms with Crippen LogP contribution in [-0.2, 0) is 17.3 Å². The third-order valence-electron chi connectivity index (χ3n) is 2.38. The molecule has 14 heavy (non-hydrogen) atoms. The second-order valence-corrected chi connectivity index (χ2v) is 39.9. The van der Waals surface area contributed by atoms with Gasteiger partial charge in [-0.1, -0.05) is 0 Å². The molecule has 0 nitrogen and oxygen atoms in total. The van der Waals surface area contributed by atoms with E-state index in [-0.39, 0.29) is 50.9 Å². The van der Waals surface area contributed by atoms with Crippen LogP contribution >= 0.6 is 50.9 Å². The van der Waals surface area contributed by atoms with E-state index in [1.54, 1.807) is 3.28 Å². The van der Waals surface area contributed by atoms with Gasteiger partial charge in [0.1, 0.15) is 0 Å². The van der Waals surface area contributed by atoms with E-state index < -0.39 is 17.3 Å². The van der Waals surface area contributed by atoms with Gasteiger partial charge in [0.2, 0.25) is 0 Å². The van der Waals surface area contributed by atoms with Crippen molar-refractivity contribution in [2.75, 3.05) is 0 Å². The van der Waals surface area contributed by atoms with Crippen molar-refractivity contribution in [3.8, 4) is 0 Å². The van der Waals surface area contributed by atoms with Gasteiger partial charge in [-0.05, 0) is 0 Å². The molecule has 0 unspecified atom stereocenters. The molecule has 0 aliphatic heterocycles. The third kappa shape index (κ3) is 6.40. The topological polar surface area (TPSA) is 0 Å². The molecule has 0 saturated carbocycles. The van der Waals surface area contributed by atoms with Crippen LogP contribution in [-0.4, -0.2) is 0 Å². The summed E-state index contributed by atoms with van der Waals surface area (Å²) >= 11 is -2.78. The van der Waals surface area contributed by atoms with Gasteiger partial charge in [0.05, 0.1) is 0 Å². The molecule has 1 aliphatic rings. The summed E-state index contributed by atoms with van der Waals surface area (Å²) in [5, 5.41) is 0. The van der Waals surface area contributed by atoms with Crippen molar-refractivity contribution in [3.05, 3.63) is 21.5 Å². The minimum atomic E-state index is -2.78. The molecule has 0 bridgehead atoms. The van der Waals surface area contributed by atoms with Crippen molar-refractivity contribution in [1.29, 1.82) is 0 Å². The molecule has 0 aromatic rings. The molecular formula is C10H23Br3Zr. The van der Waals surface area contributed by atoms with E-state index in [1.807, 2.05) is 0 Å². The Bertz CT molecular complexity index is 242. The summed E-state index contributed by atoms with van der Waals surface area (Å²) in [6.45, 7) is 0. The maximum atomic E-state index is 2.50. The predicted octanol–water partition coefficient (Wildman–Crippen LogP) is 6.03. The molecule has 0 radical (unpaired) electrons. The summed E-state index contributed by atoms with van der Waals surface area (Å²) < 4.78 is 14.2. The molecule has 0 N–H and O–H groups in total. The zero-order valence-corrected chi connectivity index (χ0v) is 17.3. The Hall–Kier alpha value is 1.80. The van der Waals surface area contributed by atoms with Crippen molar-refractivity contribution in [3.63, 3.8) is 0 Å². The fourth-order valence-corrected chi connectivity index (χ4v) is 6.46. The zero-order chi connectivity index (χ0) is 8.81. The predicted molar refractivity (Wildman–Crippen MR) is 82.1 cm³/mol. The Balaban J connectivity index is -0.000000403. The Morgan fingerprint density at radius 1 is 0.929 bits per heavy atom. The van der Waals surface area contributed by atoms with Gasteiger partial charge in [-0.15, -0.1) is 50.9 Å². The van der Waals surface area contributed by atoms with Gasteiger partial charge >= 0.3 is 68.4 Å². The Morgan fingerprint density at radius 3 is 1.50 bits per heavy atom. The first-order chi connectivity index (χ1) is 4.59. The van der Waals surface area contributed by atoms with Crippen molar-refractivity contribution < 1.29 is 17.3 Å². The van der Waals surface area contributed by atoms with Crippen molar-refractivity contribution >= 4 is 50.9 Å². The van der Waals surface area contributed by atoms with Gasteiger partial charge in [-0.25, -0.2) is 0 Å². The summed E-state index contributed by atoms with van der Waals surface area (Å²) in [6.07, 6.45) is 8.00. The monoisotopic (exact) mass is 470 g/mol. The summed E-state index contributed by atoms with van der Waals surface area (Å²) in [6, 6.07) is 0. The molecule has 0 fully saturated rings. The fourth-order valence-electron chi connectivity index (χ4n) is 1.37. The quantitative estimate of drug-likeness (QED) is 0.436. The maximum absolute atomic E-state index is 2.78. The van der Waals surface area contributed by atoms with Crippen LogP contribution in [0.2, 0.25) is 23.2 Å². The molecule has 88 valence electrons. The first kappa shape index (κ1) is 21.1. The zero-order valence-electron chi connectivity index (χ0n) is 9.66. The van der Waals surface area contributed by atoms with Gasteiger partial charge in [-0.2, -0.15) is 0 Å². The molecule has 0 heterocycles. The second kappa shape index (κ2) is 4.98. The molecular weight excluding hydrogens is 451 g/mol. The SMILES string of the molecule is Br.Br.Br.[CH3][Zr]([CH3])([CH3])([CH3])([CH3])[C]1=CC=CC1. The molecule has 4 heteroatoms. The van der Waals surface area contributed by atoms with Crippen LogP contribution in [0.15, 0.2) is 21.5 Å². The number of hydrogen-bond donors (Lipinski definition) is 0. The molecule has 0 spiro atoms. The van der Waals surface area contributed by atoms with E-state index in [0.29, 0.717) is 0 Å². The van der Waals surface area contributed by atoms with E-state index in [4.69, 9.17) is 0 Å². The van der Waals surface area contributed by atoms with Crippen molar-refractivity contribution in [2.45, 2.75) is 29.6 Å². The van der Waals surface area contributed by atoms with Crippen LogP contribution in [0.1, 0.15) is 6.42 Å². The number of halogens is 3. The fraction of sp³-hybridized carbons (Fsp3) is 0.600. The molecule has 0 amide bonds. The summed E-state index contributed by atoms with van der Waals surface area (Å²) in [5.74, 6) is 0. The average Bonchev–Trinajstić information content (AvgIpc) is 2.01. The Labute approximate surface area is 118 Å². The standard InChI is InChI=1S/C5H5.5CH3.3BrH.Zr/c1-2-4-5-3-1;;;;;;;;;/h1-3H,4H2;5*1H3;3*1H;. The van der Waals surface area contributed by atoms with Crippen LogP contribution in [0.3, 0.4) is 0 Å². The Kier molecular flexibility index (Phi) is 7.51. The number of rotatable bonds is 1. The summed E-state index contributed by atoms with van der Waals surface area (Å²) in [4.78, 5) is 0. The summed E-state index contributed by atoms with van der Waals surface area (Å²) in [7, 11) is 0. The summed E-state index contributed by atoms with van der Waals surface area (Å²) in [5.41, 5.74) is 0. The minimum absolute atomic E-state index is 0. The van der Waals surface area contributed by atoms with Gasteiger partial charge in [0.25, 0.3) is 0 Å². The van der Waals surface area contributed by atoms with Gasteiger partial charge in [-0.3, -0.25) is 0 Å². The second-order valence-electron chi connectivity index (χ2n) is 7.57. The van der Waals surface area contributed by atoms with Crippen LogP contribution in [0.5, 0.6) is 0 Å². The molecule has 0 atom stereocenters. The van der Waals surface area contributed by atoms with E-state index in [0.717, 1.165) is 0 Å². The van der Waals surface area contributed by atoms with Crippen LogP contribution in [0, 0.1) is 0 Å². The van der Waals surface area contributed by atoms with Gasteiger partial charge in [0, 0.05) is 0 Å². The van der Waals surface area contributed by atoms with Gasteiger partial charge < -0.3 is 0 Å². The van der Waals surface area contributed by atoms with E-state index in [9.17, 15) is 0 Å².